The van der Waals surface area contributed by atoms with Crippen LogP contribution in [0.5, 0.6) is 17.2 Å². The first-order chi connectivity index (χ1) is 12.6. The maximum absolute atomic E-state index is 12.2. The Kier molecular flexibility index (Phi) is 7.89. The van der Waals surface area contributed by atoms with Crippen molar-refractivity contribution in [3.63, 3.8) is 0 Å². The Morgan fingerprint density at radius 1 is 0.923 bits per heavy atom. The van der Waals surface area contributed by atoms with Crippen molar-refractivity contribution in [1.82, 2.24) is 0 Å². The molecule has 0 heterocycles. The molecule has 0 radical (unpaired) electrons. The molecule has 0 aliphatic carbocycles. The molecule has 6 heteroatoms. The van der Waals surface area contributed by atoms with Crippen LogP contribution in [0.2, 0.25) is 0 Å². The molecule has 0 bridgehead atoms. The van der Waals surface area contributed by atoms with Gasteiger partial charge >= 0.3 is 11.9 Å². The normalized spacial score (nSPS) is 10.0. The van der Waals surface area contributed by atoms with E-state index in [2.05, 4.69) is 22.5 Å². The molecule has 0 aliphatic heterocycles. The molecule has 2 aromatic rings. The van der Waals surface area contributed by atoms with Crippen LogP contribution < -0.4 is 14.2 Å². The molecule has 5 nitrogen and oxygen atoms in total. The van der Waals surface area contributed by atoms with Crippen LogP contribution in [0.25, 0.3) is 0 Å². The summed E-state index contributed by atoms with van der Waals surface area (Å²) in [5.74, 6) is 0.637. The Labute approximate surface area is 160 Å². The van der Waals surface area contributed by atoms with Gasteiger partial charge in [-0.2, -0.15) is 0 Å². The smallest absolute Gasteiger partial charge is 0.343 e. The van der Waals surface area contributed by atoms with Crippen LogP contribution in [-0.2, 0) is 4.79 Å². The van der Waals surface area contributed by atoms with E-state index >= 15 is 0 Å². The minimum absolute atomic E-state index is 0.298. The molecule has 136 valence electrons. The lowest BCUT2D eigenvalue weighted by molar-refractivity contribution is -0.134. The van der Waals surface area contributed by atoms with Gasteiger partial charge in [-0.05, 0) is 55.0 Å². The van der Waals surface area contributed by atoms with E-state index in [1.54, 1.807) is 54.6 Å². The second-order valence-electron chi connectivity index (χ2n) is 5.25. The number of alkyl halides is 1. The highest BCUT2D eigenvalue weighted by Gasteiger charge is 2.10. The number of carbonyl (C=O) groups excluding carboxylic acids is 2. The van der Waals surface area contributed by atoms with Crippen LogP contribution in [0.4, 0.5) is 0 Å². The number of rotatable bonds is 9. The van der Waals surface area contributed by atoms with Gasteiger partial charge in [-0.25, -0.2) is 4.79 Å². The molecule has 2 rings (SSSR count). The second kappa shape index (κ2) is 10.4. The molecule has 0 aromatic heterocycles. The summed E-state index contributed by atoms with van der Waals surface area (Å²) in [6.45, 7) is 3.97. The zero-order valence-electron chi connectivity index (χ0n) is 14.2. The number of benzene rings is 2. The van der Waals surface area contributed by atoms with E-state index < -0.39 is 5.97 Å². The summed E-state index contributed by atoms with van der Waals surface area (Å²) in [4.78, 5) is 23.7. The van der Waals surface area contributed by atoms with Gasteiger partial charge in [0.05, 0.1) is 5.56 Å². The molecule has 0 amide bonds. The van der Waals surface area contributed by atoms with Crippen LogP contribution >= 0.6 is 15.9 Å². The maximum Gasteiger partial charge on any atom is 0.343 e. The van der Waals surface area contributed by atoms with Crippen molar-refractivity contribution in [2.24, 2.45) is 0 Å². The van der Waals surface area contributed by atoms with Gasteiger partial charge in [0.15, 0.2) is 0 Å². The van der Waals surface area contributed by atoms with Gasteiger partial charge in [0, 0.05) is 11.8 Å². The zero-order valence-corrected chi connectivity index (χ0v) is 15.7. The lowest BCUT2D eigenvalue weighted by Gasteiger charge is -2.07. The summed E-state index contributed by atoms with van der Waals surface area (Å²) in [5.41, 5.74) is 0.404. The van der Waals surface area contributed by atoms with E-state index in [4.69, 9.17) is 14.2 Å². The SMILES string of the molecule is C=CCOc1ccc(C(=O)Oc2ccc(OC(=O)CCCBr)cc2)cc1. The molecule has 0 saturated carbocycles. The molecule has 0 aliphatic rings. The van der Waals surface area contributed by atoms with Crippen LogP contribution in [0.3, 0.4) is 0 Å². The third-order valence-electron chi connectivity index (χ3n) is 3.24. The van der Waals surface area contributed by atoms with Gasteiger partial charge in [0.1, 0.15) is 23.9 Å². The highest BCUT2D eigenvalue weighted by Crippen LogP contribution is 2.20. The fourth-order valence-electron chi connectivity index (χ4n) is 1.98. The predicted octanol–water partition coefficient (Wildman–Crippen LogP) is 4.55. The molecule has 0 N–H and O–H groups in total. The highest BCUT2D eigenvalue weighted by molar-refractivity contribution is 9.09. The largest absolute Gasteiger partial charge is 0.490 e. The van der Waals surface area contributed by atoms with Gasteiger partial charge in [0.2, 0.25) is 0 Å². The van der Waals surface area contributed by atoms with Crippen LogP contribution in [0.1, 0.15) is 23.2 Å². The van der Waals surface area contributed by atoms with Crippen molar-refractivity contribution in [2.45, 2.75) is 12.8 Å². The Morgan fingerprint density at radius 2 is 1.50 bits per heavy atom. The highest BCUT2D eigenvalue weighted by atomic mass is 79.9. The van der Waals surface area contributed by atoms with E-state index in [9.17, 15) is 9.59 Å². The van der Waals surface area contributed by atoms with E-state index in [0.29, 0.717) is 42.3 Å². The quantitative estimate of drug-likeness (QED) is 0.258. The van der Waals surface area contributed by atoms with E-state index in [1.165, 1.54) is 0 Å². The standard InChI is InChI=1S/C20H19BrO5/c1-2-14-24-16-7-5-15(6-8-16)20(23)26-18-11-9-17(10-12-18)25-19(22)4-3-13-21/h2,5-12H,1,3-4,13-14H2. The minimum Gasteiger partial charge on any atom is -0.490 e. The summed E-state index contributed by atoms with van der Waals surface area (Å²) < 4.78 is 15.9. The third-order valence-corrected chi connectivity index (χ3v) is 3.80. The molecule has 0 unspecified atom stereocenters. The van der Waals surface area contributed by atoms with Gasteiger partial charge in [-0.15, -0.1) is 0 Å². The molecule has 0 spiro atoms. The Bertz CT molecular complexity index is 738. The second-order valence-corrected chi connectivity index (χ2v) is 6.04. The number of hydrogen-bond acceptors (Lipinski definition) is 5. The number of esters is 2. The van der Waals surface area contributed by atoms with Crippen molar-refractivity contribution in [3.05, 3.63) is 66.7 Å². The molecule has 0 saturated heterocycles. The minimum atomic E-state index is -0.484. The van der Waals surface area contributed by atoms with Crippen molar-refractivity contribution >= 4 is 27.9 Å². The van der Waals surface area contributed by atoms with Gasteiger partial charge < -0.3 is 14.2 Å². The fraction of sp³-hybridized carbons (Fsp3) is 0.200. The topological polar surface area (TPSA) is 61.8 Å². The maximum atomic E-state index is 12.2. The molecular weight excluding hydrogens is 400 g/mol. The lowest BCUT2D eigenvalue weighted by atomic mass is 10.2. The first-order valence-electron chi connectivity index (χ1n) is 8.05. The van der Waals surface area contributed by atoms with Crippen molar-refractivity contribution in [1.29, 1.82) is 0 Å². The number of hydrogen-bond donors (Lipinski definition) is 0. The Morgan fingerprint density at radius 3 is 2.08 bits per heavy atom. The molecule has 26 heavy (non-hydrogen) atoms. The van der Waals surface area contributed by atoms with Crippen LogP contribution in [0, 0.1) is 0 Å². The van der Waals surface area contributed by atoms with Gasteiger partial charge in [-0.3, -0.25) is 4.79 Å². The summed E-state index contributed by atoms with van der Waals surface area (Å²) in [6, 6.07) is 13.0. The molecule has 2 aromatic carbocycles. The molecular formula is C20H19BrO5. The Balaban J connectivity index is 1.90. The predicted molar refractivity (Wildman–Crippen MR) is 102 cm³/mol. The molecule has 0 fully saturated rings. The summed E-state index contributed by atoms with van der Waals surface area (Å²) in [5, 5.41) is 0.748. The lowest BCUT2D eigenvalue weighted by Crippen LogP contribution is -2.09. The first-order valence-corrected chi connectivity index (χ1v) is 9.17. The number of halogens is 1. The first kappa shape index (κ1) is 19.7. The number of carbonyl (C=O) groups is 2. The van der Waals surface area contributed by atoms with Gasteiger partial charge in [0.25, 0.3) is 0 Å². The average molecular weight is 419 g/mol. The summed E-state index contributed by atoms with van der Waals surface area (Å²) in [6.07, 6.45) is 2.70. The van der Waals surface area contributed by atoms with Crippen LogP contribution in [-0.4, -0.2) is 23.9 Å². The zero-order chi connectivity index (χ0) is 18.8. The fourth-order valence-corrected chi connectivity index (χ4v) is 2.26. The Hall–Kier alpha value is -2.60. The average Bonchev–Trinajstić information content (AvgIpc) is 2.66. The monoisotopic (exact) mass is 418 g/mol. The van der Waals surface area contributed by atoms with Crippen LogP contribution in [0.15, 0.2) is 61.2 Å². The summed E-state index contributed by atoms with van der Waals surface area (Å²) in [7, 11) is 0. The molecule has 0 atom stereocenters. The number of ether oxygens (including phenoxy) is 3. The van der Waals surface area contributed by atoms with E-state index in [1.807, 2.05) is 0 Å². The van der Waals surface area contributed by atoms with Crippen molar-refractivity contribution in [2.75, 3.05) is 11.9 Å². The van der Waals surface area contributed by atoms with Crippen molar-refractivity contribution in [3.8, 4) is 17.2 Å². The van der Waals surface area contributed by atoms with Gasteiger partial charge in [-0.1, -0.05) is 28.6 Å². The van der Waals surface area contributed by atoms with E-state index in [0.717, 1.165) is 5.33 Å². The third kappa shape index (κ3) is 6.37. The van der Waals surface area contributed by atoms with Crippen molar-refractivity contribution < 1.29 is 23.8 Å². The summed E-state index contributed by atoms with van der Waals surface area (Å²) >= 11 is 3.26. The van der Waals surface area contributed by atoms with E-state index in [-0.39, 0.29) is 5.97 Å².